The minimum Gasteiger partial charge on any atom is -0.493 e. The summed E-state index contributed by atoms with van der Waals surface area (Å²) in [5.41, 5.74) is 2.77. The molecule has 25 heavy (non-hydrogen) atoms. The topological polar surface area (TPSA) is 51.5 Å². The second-order valence-corrected chi connectivity index (χ2v) is 5.69. The van der Waals surface area contributed by atoms with Crippen LogP contribution in [0.5, 0.6) is 5.75 Å². The van der Waals surface area contributed by atoms with E-state index in [4.69, 9.17) is 9.15 Å². The van der Waals surface area contributed by atoms with Crippen molar-refractivity contribution in [3.63, 3.8) is 0 Å². The number of hydrogen-bond donors (Lipinski definition) is 1. The fraction of sp³-hybridized carbons (Fsp3) is 0.0952. The summed E-state index contributed by atoms with van der Waals surface area (Å²) in [5.74, 6) is 0.367. The minimum absolute atomic E-state index is 0.209. The zero-order valence-corrected chi connectivity index (χ0v) is 13.8. The van der Waals surface area contributed by atoms with Crippen molar-refractivity contribution >= 4 is 33.5 Å². The number of para-hydroxylation sites is 2. The molecule has 1 aromatic heterocycles. The standard InChI is InChI=1S/C21H17NO3/c1-2-24-18-9-5-4-8-17(18)21(23)22-14-11-12-16-15-7-3-6-10-19(15)25-20(16)13-14/h3-13H,2H2,1H3,(H,22,23). The maximum Gasteiger partial charge on any atom is 0.259 e. The van der Waals surface area contributed by atoms with E-state index >= 15 is 0 Å². The SMILES string of the molecule is CCOc1ccccc1C(=O)Nc1ccc2c(c1)oc1ccccc12. The van der Waals surface area contributed by atoms with Crippen molar-refractivity contribution in [3.8, 4) is 5.75 Å². The van der Waals surface area contributed by atoms with Crippen LogP contribution in [0.1, 0.15) is 17.3 Å². The zero-order valence-electron chi connectivity index (χ0n) is 13.8. The van der Waals surface area contributed by atoms with E-state index in [0.717, 1.165) is 21.9 Å². The highest BCUT2D eigenvalue weighted by atomic mass is 16.5. The molecule has 1 heterocycles. The van der Waals surface area contributed by atoms with Gasteiger partial charge in [-0.25, -0.2) is 0 Å². The van der Waals surface area contributed by atoms with Crippen LogP contribution in [-0.2, 0) is 0 Å². The first-order chi connectivity index (χ1) is 12.3. The number of carbonyl (C=O) groups is 1. The summed E-state index contributed by atoms with van der Waals surface area (Å²) in [6.07, 6.45) is 0. The van der Waals surface area contributed by atoms with Crippen LogP contribution in [0, 0.1) is 0 Å². The van der Waals surface area contributed by atoms with Gasteiger partial charge in [0, 0.05) is 22.5 Å². The molecule has 0 saturated heterocycles. The molecule has 0 aliphatic rings. The first-order valence-corrected chi connectivity index (χ1v) is 8.21. The van der Waals surface area contributed by atoms with Gasteiger partial charge in [0.25, 0.3) is 5.91 Å². The van der Waals surface area contributed by atoms with Crippen molar-refractivity contribution in [2.75, 3.05) is 11.9 Å². The lowest BCUT2D eigenvalue weighted by molar-refractivity contribution is 0.102. The van der Waals surface area contributed by atoms with E-state index in [1.165, 1.54) is 0 Å². The van der Waals surface area contributed by atoms with Gasteiger partial charge in [0.15, 0.2) is 0 Å². The Bertz CT molecular complexity index is 1070. The van der Waals surface area contributed by atoms with Gasteiger partial charge in [0.1, 0.15) is 16.9 Å². The molecule has 124 valence electrons. The Morgan fingerprint density at radius 2 is 1.72 bits per heavy atom. The van der Waals surface area contributed by atoms with Crippen LogP contribution in [0.2, 0.25) is 0 Å². The van der Waals surface area contributed by atoms with Crippen molar-refractivity contribution in [1.82, 2.24) is 0 Å². The van der Waals surface area contributed by atoms with Crippen LogP contribution in [0.4, 0.5) is 5.69 Å². The van der Waals surface area contributed by atoms with Gasteiger partial charge in [-0.1, -0.05) is 30.3 Å². The molecule has 0 aliphatic heterocycles. The summed E-state index contributed by atoms with van der Waals surface area (Å²) >= 11 is 0. The number of anilines is 1. The third-order valence-corrected chi connectivity index (χ3v) is 4.07. The quantitative estimate of drug-likeness (QED) is 0.556. The molecule has 0 fully saturated rings. The molecule has 1 N–H and O–H groups in total. The van der Waals surface area contributed by atoms with Crippen molar-refractivity contribution in [2.45, 2.75) is 6.92 Å². The molecule has 0 spiro atoms. The Morgan fingerprint density at radius 1 is 0.960 bits per heavy atom. The summed E-state index contributed by atoms with van der Waals surface area (Å²) in [5, 5.41) is 5.01. The van der Waals surface area contributed by atoms with Gasteiger partial charge in [-0.3, -0.25) is 4.79 Å². The maximum absolute atomic E-state index is 12.6. The fourth-order valence-corrected chi connectivity index (χ4v) is 2.94. The normalized spacial score (nSPS) is 10.9. The number of amides is 1. The molecular formula is C21H17NO3. The molecule has 0 saturated carbocycles. The minimum atomic E-state index is -0.209. The number of rotatable bonds is 4. The second-order valence-electron chi connectivity index (χ2n) is 5.69. The average molecular weight is 331 g/mol. The molecule has 0 bridgehead atoms. The molecule has 4 rings (SSSR count). The molecule has 0 radical (unpaired) electrons. The Kier molecular flexibility index (Phi) is 3.86. The molecule has 4 aromatic rings. The van der Waals surface area contributed by atoms with Gasteiger partial charge in [-0.2, -0.15) is 0 Å². The van der Waals surface area contributed by atoms with Gasteiger partial charge in [0.2, 0.25) is 0 Å². The number of carbonyl (C=O) groups excluding carboxylic acids is 1. The number of ether oxygens (including phenoxy) is 1. The van der Waals surface area contributed by atoms with Crippen molar-refractivity contribution in [3.05, 3.63) is 72.3 Å². The summed E-state index contributed by atoms with van der Waals surface area (Å²) in [6.45, 7) is 2.40. The zero-order chi connectivity index (χ0) is 17.2. The Hall–Kier alpha value is -3.27. The highest BCUT2D eigenvalue weighted by Gasteiger charge is 2.13. The molecule has 0 unspecified atom stereocenters. The fourth-order valence-electron chi connectivity index (χ4n) is 2.94. The average Bonchev–Trinajstić information content (AvgIpc) is 3.00. The second kappa shape index (κ2) is 6.32. The van der Waals surface area contributed by atoms with Crippen LogP contribution in [-0.4, -0.2) is 12.5 Å². The maximum atomic E-state index is 12.6. The lowest BCUT2D eigenvalue weighted by atomic mass is 10.1. The smallest absolute Gasteiger partial charge is 0.259 e. The Labute approximate surface area is 145 Å². The van der Waals surface area contributed by atoms with Crippen LogP contribution < -0.4 is 10.1 Å². The third kappa shape index (κ3) is 2.83. The van der Waals surface area contributed by atoms with Gasteiger partial charge in [-0.15, -0.1) is 0 Å². The van der Waals surface area contributed by atoms with Crippen molar-refractivity contribution in [2.24, 2.45) is 0 Å². The predicted molar refractivity (Wildman–Crippen MR) is 99.3 cm³/mol. The third-order valence-electron chi connectivity index (χ3n) is 4.07. The summed E-state index contributed by atoms with van der Waals surface area (Å²) in [4.78, 5) is 12.6. The van der Waals surface area contributed by atoms with E-state index in [2.05, 4.69) is 5.32 Å². The Morgan fingerprint density at radius 3 is 2.60 bits per heavy atom. The molecule has 3 aromatic carbocycles. The Balaban J connectivity index is 1.66. The molecule has 0 atom stereocenters. The highest BCUT2D eigenvalue weighted by molar-refractivity contribution is 6.09. The summed E-state index contributed by atoms with van der Waals surface area (Å²) < 4.78 is 11.4. The van der Waals surface area contributed by atoms with Gasteiger partial charge < -0.3 is 14.5 Å². The van der Waals surface area contributed by atoms with E-state index in [0.29, 0.717) is 23.6 Å². The van der Waals surface area contributed by atoms with Gasteiger partial charge >= 0.3 is 0 Å². The van der Waals surface area contributed by atoms with Crippen LogP contribution in [0.25, 0.3) is 21.9 Å². The molecule has 0 aliphatic carbocycles. The predicted octanol–water partition coefficient (Wildman–Crippen LogP) is 5.24. The van der Waals surface area contributed by atoms with Crippen LogP contribution in [0.15, 0.2) is 71.1 Å². The van der Waals surface area contributed by atoms with Crippen LogP contribution in [0.3, 0.4) is 0 Å². The van der Waals surface area contributed by atoms with Crippen molar-refractivity contribution in [1.29, 1.82) is 0 Å². The van der Waals surface area contributed by atoms with E-state index in [9.17, 15) is 4.79 Å². The number of nitrogens with one attached hydrogen (secondary N) is 1. The van der Waals surface area contributed by atoms with Crippen LogP contribution >= 0.6 is 0 Å². The lowest BCUT2D eigenvalue weighted by Gasteiger charge is -2.10. The number of benzene rings is 3. The summed E-state index contributed by atoms with van der Waals surface area (Å²) in [7, 11) is 0. The lowest BCUT2D eigenvalue weighted by Crippen LogP contribution is -2.13. The monoisotopic (exact) mass is 331 g/mol. The molecule has 1 amide bonds. The number of furan rings is 1. The number of fused-ring (bicyclic) bond motifs is 3. The van der Waals surface area contributed by atoms with Gasteiger partial charge in [-0.05, 0) is 37.3 Å². The van der Waals surface area contributed by atoms with E-state index in [1.807, 2.05) is 61.5 Å². The van der Waals surface area contributed by atoms with E-state index in [-0.39, 0.29) is 5.91 Å². The van der Waals surface area contributed by atoms with E-state index in [1.54, 1.807) is 12.1 Å². The first kappa shape index (κ1) is 15.3. The molecule has 4 heteroatoms. The highest BCUT2D eigenvalue weighted by Crippen LogP contribution is 2.30. The number of hydrogen-bond acceptors (Lipinski definition) is 3. The van der Waals surface area contributed by atoms with Crippen molar-refractivity contribution < 1.29 is 13.9 Å². The largest absolute Gasteiger partial charge is 0.493 e. The molecular weight excluding hydrogens is 314 g/mol. The van der Waals surface area contributed by atoms with E-state index < -0.39 is 0 Å². The van der Waals surface area contributed by atoms with Gasteiger partial charge in [0.05, 0.1) is 12.2 Å². The molecule has 4 nitrogen and oxygen atoms in total. The first-order valence-electron chi connectivity index (χ1n) is 8.21. The summed E-state index contributed by atoms with van der Waals surface area (Å²) in [6, 6.07) is 20.8.